The van der Waals surface area contributed by atoms with Gasteiger partial charge in [-0.05, 0) is 13.1 Å². The van der Waals surface area contributed by atoms with Crippen molar-refractivity contribution in [3.05, 3.63) is 16.1 Å². The molecule has 3 nitrogen and oxygen atoms in total. The van der Waals surface area contributed by atoms with Crippen molar-refractivity contribution in [1.29, 1.82) is 0 Å². The number of thiocarbonyl (C=S) groups is 1. The molecule has 0 spiro atoms. The average molecular weight is 243 g/mol. The van der Waals surface area contributed by atoms with Crippen molar-refractivity contribution < 1.29 is 0 Å². The Morgan fingerprint density at radius 3 is 2.67 bits per heavy atom. The van der Waals surface area contributed by atoms with Crippen LogP contribution in [0.15, 0.2) is 6.20 Å². The van der Waals surface area contributed by atoms with E-state index in [0.717, 1.165) is 35.9 Å². The average Bonchev–Trinajstić information content (AvgIpc) is 2.68. The zero-order chi connectivity index (χ0) is 11.3. The van der Waals surface area contributed by atoms with Crippen molar-refractivity contribution in [3.8, 4) is 0 Å². The Morgan fingerprint density at radius 1 is 1.53 bits per heavy atom. The normalized spacial score (nSPS) is 10.9. The SMILES string of the molecule is CCN(CC)CCc1ncc(C(N)=S)s1. The quantitative estimate of drug-likeness (QED) is 0.772. The highest BCUT2D eigenvalue weighted by molar-refractivity contribution is 7.81. The first-order valence-corrected chi connectivity index (χ1v) is 6.36. The maximum Gasteiger partial charge on any atom is 0.115 e. The fourth-order valence-electron chi connectivity index (χ4n) is 1.33. The number of aromatic nitrogens is 1. The third-order valence-corrected chi connectivity index (χ3v) is 3.77. The van der Waals surface area contributed by atoms with E-state index in [0.29, 0.717) is 4.99 Å². The highest BCUT2D eigenvalue weighted by Gasteiger charge is 2.05. The summed E-state index contributed by atoms with van der Waals surface area (Å²) < 4.78 is 0. The maximum atomic E-state index is 5.53. The van der Waals surface area contributed by atoms with Crippen LogP contribution in [0.25, 0.3) is 0 Å². The van der Waals surface area contributed by atoms with Gasteiger partial charge in [0.2, 0.25) is 0 Å². The second kappa shape index (κ2) is 6.15. The van der Waals surface area contributed by atoms with Gasteiger partial charge in [-0.25, -0.2) is 4.98 Å². The highest BCUT2D eigenvalue weighted by Crippen LogP contribution is 2.13. The molecular formula is C10H17N3S2. The molecule has 0 atom stereocenters. The molecule has 0 bridgehead atoms. The largest absolute Gasteiger partial charge is 0.389 e. The summed E-state index contributed by atoms with van der Waals surface area (Å²) >= 11 is 6.49. The smallest absolute Gasteiger partial charge is 0.115 e. The van der Waals surface area contributed by atoms with Gasteiger partial charge in [0.05, 0.1) is 9.88 Å². The molecule has 0 aromatic carbocycles. The number of thiazole rings is 1. The number of rotatable bonds is 6. The summed E-state index contributed by atoms with van der Waals surface area (Å²) in [5, 5.41) is 1.12. The summed E-state index contributed by atoms with van der Waals surface area (Å²) in [5.41, 5.74) is 5.53. The molecule has 1 heterocycles. The number of hydrogen-bond acceptors (Lipinski definition) is 4. The summed E-state index contributed by atoms with van der Waals surface area (Å²) in [6, 6.07) is 0. The molecule has 2 N–H and O–H groups in total. The molecule has 0 aliphatic heterocycles. The first-order valence-electron chi connectivity index (χ1n) is 5.14. The summed E-state index contributed by atoms with van der Waals surface area (Å²) in [6.45, 7) is 7.57. The zero-order valence-corrected chi connectivity index (χ0v) is 10.8. The highest BCUT2D eigenvalue weighted by atomic mass is 32.1. The Kier molecular flexibility index (Phi) is 5.14. The molecule has 0 aliphatic rings. The van der Waals surface area contributed by atoms with Crippen molar-refractivity contribution in [2.45, 2.75) is 20.3 Å². The fourth-order valence-corrected chi connectivity index (χ4v) is 2.27. The van der Waals surface area contributed by atoms with Crippen LogP contribution in [0.4, 0.5) is 0 Å². The standard InChI is InChI=1S/C10H17N3S2/c1-3-13(4-2)6-5-9-12-7-8(15-9)10(11)14/h7H,3-6H2,1-2H3,(H2,11,14). The van der Waals surface area contributed by atoms with Crippen LogP contribution in [0.1, 0.15) is 23.7 Å². The second-order valence-electron chi connectivity index (χ2n) is 3.26. The van der Waals surface area contributed by atoms with Crippen molar-refractivity contribution in [1.82, 2.24) is 9.88 Å². The number of likely N-dealkylation sites (N-methyl/N-ethyl adjacent to an activating group) is 1. The van der Waals surface area contributed by atoms with E-state index in [1.54, 1.807) is 17.5 Å². The lowest BCUT2D eigenvalue weighted by atomic mass is 10.4. The van der Waals surface area contributed by atoms with Crippen LogP contribution >= 0.6 is 23.6 Å². The van der Waals surface area contributed by atoms with Gasteiger partial charge in [-0.2, -0.15) is 0 Å². The first-order chi connectivity index (χ1) is 7.17. The van der Waals surface area contributed by atoms with Crippen LogP contribution in [-0.2, 0) is 6.42 Å². The molecule has 0 aliphatic carbocycles. The minimum absolute atomic E-state index is 0.446. The van der Waals surface area contributed by atoms with Gasteiger partial charge in [0.25, 0.3) is 0 Å². The second-order valence-corrected chi connectivity index (χ2v) is 4.81. The molecule has 0 saturated heterocycles. The van der Waals surface area contributed by atoms with Gasteiger partial charge in [-0.15, -0.1) is 11.3 Å². The lowest BCUT2D eigenvalue weighted by molar-refractivity contribution is 0.308. The lowest BCUT2D eigenvalue weighted by Gasteiger charge is -2.16. The topological polar surface area (TPSA) is 42.2 Å². The monoisotopic (exact) mass is 243 g/mol. The van der Waals surface area contributed by atoms with Gasteiger partial charge in [-0.1, -0.05) is 26.1 Å². The Labute approximate surface area is 100 Å². The van der Waals surface area contributed by atoms with Crippen molar-refractivity contribution in [2.24, 2.45) is 5.73 Å². The van der Waals surface area contributed by atoms with Crippen LogP contribution in [-0.4, -0.2) is 34.5 Å². The first kappa shape index (κ1) is 12.5. The van der Waals surface area contributed by atoms with Crippen molar-refractivity contribution >= 4 is 28.5 Å². The van der Waals surface area contributed by atoms with Crippen molar-refractivity contribution in [3.63, 3.8) is 0 Å². The summed E-state index contributed by atoms with van der Waals surface area (Å²) in [4.78, 5) is 8.04. The van der Waals surface area contributed by atoms with E-state index < -0.39 is 0 Å². The molecule has 1 aromatic heterocycles. The molecule has 0 saturated carbocycles. The van der Waals surface area contributed by atoms with E-state index in [-0.39, 0.29) is 0 Å². The molecule has 1 rings (SSSR count). The van der Waals surface area contributed by atoms with Crippen LogP contribution in [0.3, 0.4) is 0 Å². The summed E-state index contributed by atoms with van der Waals surface area (Å²) in [5.74, 6) is 0. The fraction of sp³-hybridized carbons (Fsp3) is 0.600. The van der Waals surface area contributed by atoms with E-state index in [1.165, 1.54) is 0 Å². The van der Waals surface area contributed by atoms with Gasteiger partial charge < -0.3 is 10.6 Å². The van der Waals surface area contributed by atoms with Crippen LogP contribution in [0.2, 0.25) is 0 Å². The minimum atomic E-state index is 0.446. The summed E-state index contributed by atoms with van der Waals surface area (Å²) in [6.07, 6.45) is 2.75. The van der Waals surface area contributed by atoms with E-state index >= 15 is 0 Å². The Morgan fingerprint density at radius 2 is 2.20 bits per heavy atom. The Hall–Kier alpha value is -0.520. The lowest BCUT2D eigenvalue weighted by Crippen LogP contribution is -2.25. The molecule has 1 aromatic rings. The van der Waals surface area contributed by atoms with E-state index in [4.69, 9.17) is 18.0 Å². The van der Waals surface area contributed by atoms with Gasteiger partial charge in [0.1, 0.15) is 4.99 Å². The molecule has 0 unspecified atom stereocenters. The number of hydrogen-bond donors (Lipinski definition) is 1. The van der Waals surface area contributed by atoms with E-state index in [9.17, 15) is 0 Å². The molecule has 84 valence electrons. The van der Waals surface area contributed by atoms with Gasteiger partial charge >= 0.3 is 0 Å². The maximum absolute atomic E-state index is 5.53. The molecule has 5 heteroatoms. The molecule has 0 radical (unpaired) electrons. The zero-order valence-electron chi connectivity index (χ0n) is 9.19. The third-order valence-electron chi connectivity index (χ3n) is 2.33. The minimum Gasteiger partial charge on any atom is -0.389 e. The molecule has 0 amide bonds. The van der Waals surface area contributed by atoms with Crippen LogP contribution in [0, 0.1) is 0 Å². The molecular weight excluding hydrogens is 226 g/mol. The Bertz CT molecular complexity index is 318. The van der Waals surface area contributed by atoms with Gasteiger partial charge in [-0.3, -0.25) is 0 Å². The predicted molar refractivity (Wildman–Crippen MR) is 69.5 cm³/mol. The van der Waals surface area contributed by atoms with Crippen molar-refractivity contribution in [2.75, 3.05) is 19.6 Å². The third kappa shape index (κ3) is 3.85. The van der Waals surface area contributed by atoms with E-state index in [1.807, 2.05) is 0 Å². The van der Waals surface area contributed by atoms with Crippen LogP contribution < -0.4 is 5.73 Å². The van der Waals surface area contributed by atoms with Crippen LogP contribution in [0.5, 0.6) is 0 Å². The number of nitrogens with zero attached hydrogens (tertiary/aromatic N) is 2. The molecule has 0 fully saturated rings. The van der Waals surface area contributed by atoms with Gasteiger partial charge in [0.15, 0.2) is 0 Å². The summed E-state index contributed by atoms with van der Waals surface area (Å²) in [7, 11) is 0. The number of nitrogens with two attached hydrogens (primary N) is 1. The van der Waals surface area contributed by atoms with Gasteiger partial charge in [0, 0.05) is 19.2 Å². The molecule has 15 heavy (non-hydrogen) atoms. The van der Waals surface area contributed by atoms with E-state index in [2.05, 4.69) is 23.7 Å². The Balaban J connectivity index is 2.47. The predicted octanol–water partition coefficient (Wildman–Crippen LogP) is 1.66.